The number of benzene rings is 2. The minimum Gasteiger partial charge on any atom is -0.494 e. The maximum Gasteiger partial charge on any atom is 0.303 e. The fraction of sp³-hybridized carbons (Fsp3) is 0.440. The summed E-state index contributed by atoms with van der Waals surface area (Å²) >= 11 is 0. The maximum absolute atomic E-state index is 11.2. The van der Waals surface area contributed by atoms with Crippen LogP contribution >= 0.6 is 0 Å². The molecule has 0 unspecified atom stereocenters. The molecule has 0 fully saturated rings. The molecule has 0 bridgehead atoms. The molecule has 0 amide bonds. The Labute approximate surface area is 199 Å². The Bertz CT molecular complexity index is 1110. The summed E-state index contributed by atoms with van der Waals surface area (Å²) < 4.78 is 7.86. The highest BCUT2D eigenvalue weighted by molar-refractivity contribution is 5.79. The lowest BCUT2D eigenvalue weighted by Crippen LogP contribution is -2.27. The van der Waals surface area contributed by atoms with E-state index >= 15 is 0 Å². The Morgan fingerprint density at radius 2 is 1.88 bits per heavy atom. The van der Waals surface area contributed by atoms with Crippen LogP contribution in [-0.4, -0.2) is 56.7 Å². The number of carbonyl (C=O) groups is 1. The van der Waals surface area contributed by atoms with Gasteiger partial charge in [-0.3, -0.25) is 14.9 Å². The Morgan fingerprint density at radius 1 is 1.15 bits per heavy atom. The third kappa shape index (κ3) is 6.77. The van der Waals surface area contributed by atoms with Gasteiger partial charge in [-0.15, -0.1) is 0 Å². The zero-order valence-electron chi connectivity index (χ0n) is 19.8. The average Bonchev–Trinajstić information content (AvgIpc) is 3.16. The largest absolute Gasteiger partial charge is 0.494 e. The number of nitro benzene ring substituents is 1. The third-order valence-corrected chi connectivity index (χ3v) is 5.90. The number of hydrogen-bond acceptors (Lipinski definition) is 6. The van der Waals surface area contributed by atoms with Crippen LogP contribution < -0.4 is 4.74 Å². The van der Waals surface area contributed by atoms with Crippen LogP contribution in [0.2, 0.25) is 0 Å². The van der Waals surface area contributed by atoms with Gasteiger partial charge >= 0.3 is 5.97 Å². The van der Waals surface area contributed by atoms with Crippen molar-refractivity contribution in [3.05, 3.63) is 64.0 Å². The molecule has 0 radical (unpaired) electrons. The number of non-ortho nitro benzene ring substituents is 1. The molecule has 182 valence electrons. The molecule has 2 aromatic carbocycles. The highest BCUT2D eigenvalue weighted by atomic mass is 16.6. The lowest BCUT2D eigenvalue weighted by Gasteiger charge is -2.19. The number of imidazole rings is 1. The lowest BCUT2D eigenvalue weighted by atomic mass is 10.1. The van der Waals surface area contributed by atoms with E-state index in [1.54, 1.807) is 6.07 Å². The van der Waals surface area contributed by atoms with Crippen LogP contribution in [0.25, 0.3) is 11.0 Å². The molecular weight excluding hydrogens is 436 g/mol. The highest BCUT2D eigenvalue weighted by Crippen LogP contribution is 2.24. The van der Waals surface area contributed by atoms with Crippen LogP contribution in [-0.2, 0) is 17.8 Å². The van der Waals surface area contributed by atoms with E-state index in [1.807, 2.05) is 24.3 Å². The number of hydrogen-bond donors (Lipinski definition) is 1. The van der Waals surface area contributed by atoms with E-state index in [0.717, 1.165) is 48.8 Å². The zero-order valence-corrected chi connectivity index (χ0v) is 19.8. The summed E-state index contributed by atoms with van der Waals surface area (Å²) in [6.45, 7) is 8.29. The Morgan fingerprint density at radius 3 is 2.53 bits per heavy atom. The molecule has 0 aliphatic carbocycles. The first-order valence-electron chi connectivity index (χ1n) is 11.7. The number of fused-ring (bicyclic) bond motifs is 1. The Kier molecular flexibility index (Phi) is 8.98. The molecule has 3 rings (SSSR count). The number of aromatic nitrogens is 2. The van der Waals surface area contributed by atoms with Crippen molar-refractivity contribution in [1.82, 2.24) is 14.5 Å². The van der Waals surface area contributed by atoms with Gasteiger partial charge in [0.05, 0.1) is 22.6 Å². The van der Waals surface area contributed by atoms with Crippen molar-refractivity contribution < 1.29 is 19.6 Å². The van der Waals surface area contributed by atoms with Crippen molar-refractivity contribution in [2.24, 2.45) is 0 Å². The van der Waals surface area contributed by atoms with Gasteiger partial charge in [-0.25, -0.2) is 4.98 Å². The van der Waals surface area contributed by atoms with Gasteiger partial charge in [0, 0.05) is 38.1 Å². The fourth-order valence-electron chi connectivity index (χ4n) is 3.90. The molecule has 9 nitrogen and oxygen atoms in total. The first-order valence-corrected chi connectivity index (χ1v) is 11.7. The number of ether oxygens (including phenoxy) is 1. The minimum atomic E-state index is -0.790. The topological polar surface area (TPSA) is 111 Å². The van der Waals surface area contributed by atoms with Gasteiger partial charge in [0.25, 0.3) is 5.69 Å². The van der Waals surface area contributed by atoms with Crippen molar-refractivity contribution in [2.45, 2.75) is 46.1 Å². The Balaban J connectivity index is 1.74. The number of aliphatic carboxylic acids is 1. The number of likely N-dealkylation sites (N-methyl/N-ethyl adjacent to an activating group) is 1. The summed E-state index contributed by atoms with van der Waals surface area (Å²) in [7, 11) is 0. The van der Waals surface area contributed by atoms with E-state index in [9.17, 15) is 14.9 Å². The summed E-state index contributed by atoms with van der Waals surface area (Å²) in [5.41, 5.74) is 2.63. The maximum atomic E-state index is 11.2. The molecule has 0 aliphatic heterocycles. The lowest BCUT2D eigenvalue weighted by molar-refractivity contribution is -0.384. The second-order valence-corrected chi connectivity index (χ2v) is 8.16. The van der Waals surface area contributed by atoms with Gasteiger partial charge < -0.3 is 19.3 Å². The summed E-state index contributed by atoms with van der Waals surface area (Å²) in [4.78, 5) is 28.5. The van der Waals surface area contributed by atoms with Crippen LogP contribution in [0.4, 0.5) is 5.69 Å². The highest BCUT2D eigenvalue weighted by Gasteiger charge is 2.16. The molecule has 3 aromatic rings. The molecule has 0 spiro atoms. The minimum absolute atomic E-state index is 0.0392. The molecule has 34 heavy (non-hydrogen) atoms. The summed E-state index contributed by atoms with van der Waals surface area (Å²) in [6.07, 6.45) is 2.03. The van der Waals surface area contributed by atoms with Crippen LogP contribution in [0.3, 0.4) is 0 Å². The van der Waals surface area contributed by atoms with Gasteiger partial charge in [-0.05, 0) is 49.7 Å². The number of carboxylic acids is 1. The predicted octanol–water partition coefficient (Wildman–Crippen LogP) is 4.51. The van der Waals surface area contributed by atoms with Crippen molar-refractivity contribution >= 4 is 22.7 Å². The standard InChI is InChI=1S/C25H32N4O5/c1-3-27(4-2)14-15-28-23-13-10-20(29(32)33)18-22(23)26-24(28)17-19-8-11-21(12-9-19)34-16-6-5-7-25(30)31/h8-13,18H,3-7,14-17H2,1-2H3,(H,30,31). The van der Waals surface area contributed by atoms with Crippen molar-refractivity contribution in [3.8, 4) is 5.75 Å². The van der Waals surface area contributed by atoms with E-state index in [-0.39, 0.29) is 12.1 Å². The third-order valence-electron chi connectivity index (χ3n) is 5.90. The molecule has 1 heterocycles. The number of nitro groups is 1. The van der Waals surface area contributed by atoms with E-state index in [1.165, 1.54) is 12.1 Å². The first-order chi connectivity index (χ1) is 16.4. The fourth-order valence-corrected chi connectivity index (χ4v) is 3.90. The van der Waals surface area contributed by atoms with Crippen molar-refractivity contribution in [1.29, 1.82) is 0 Å². The van der Waals surface area contributed by atoms with Gasteiger partial charge in [-0.1, -0.05) is 26.0 Å². The molecule has 0 saturated heterocycles. The van der Waals surface area contributed by atoms with E-state index < -0.39 is 10.9 Å². The number of carboxylic acid groups (broad SMARTS) is 1. The van der Waals surface area contributed by atoms with Crippen molar-refractivity contribution in [3.63, 3.8) is 0 Å². The number of rotatable bonds is 14. The molecule has 0 atom stereocenters. The quantitative estimate of drug-likeness (QED) is 0.210. The summed E-state index contributed by atoms with van der Waals surface area (Å²) in [5, 5.41) is 19.9. The molecule has 1 N–H and O–H groups in total. The Hall–Kier alpha value is -3.46. The molecule has 9 heteroatoms. The van der Waals surface area contributed by atoms with Gasteiger partial charge in [0.1, 0.15) is 11.6 Å². The zero-order chi connectivity index (χ0) is 24.5. The average molecular weight is 469 g/mol. The predicted molar refractivity (Wildman–Crippen MR) is 130 cm³/mol. The van der Waals surface area contributed by atoms with Crippen molar-refractivity contribution in [2.75, 3.05) is 26.2 Å². The van der Waals surface area contributed by atoms with Crippen LogP contribution in [0, 0.1) is 10.1 Å². The second-order valence-electron chi connectivity index (χ2n) is 8.16. The molecular formula is C25H32N4O5. The SMILES string of the molecule is CCN(CC)CCn1c(Cc2ccc(OCCCCC(=O)O)cc2)nc2cc([N+](=O)[O-])ccc21. The van der Waals surface area contributed by atoms with Crippen LogP contribution in [0.1, 0.15) is 44.5 Å². The second kappa shape index (κ2) is 12.1. The van der Waals surface area contributed by atoms with Gasteiger partial charge in [0.15, 0.2) is 0 Å². The monoisotopic (exact) mass is 468 g/mol. The molecule has 0 aliphatic rings. The first kappa shape index (κ1) is 25.2. The van der Waals surface area contributed by atoms with Gasteiger partial charge in [-0.2, -0.15) is 0 Å². The molecule has 1 aromatic heterocycles. The summed E-state index contributed by atoms with van der Waals surface area (Å²) in [5.74, 6) is 0.816. The molecule has 0 saturated carbocycles. The van der Waals surface area contributed by atoms with E-state index in [2.05, 4.69) is 23.3 Å². The number of unbranched alkanes of at least 4 members (excludes halogenated alkanes) is 1. The van der Waals surface area contributed by atoms with Crippen LogP contribution in [0.5, 0.6) is 5.75 Å². The van der Waals surface area contributed by atoms with E-state index in [4.69, 9.17) is 14.8 Å². The van der Waals surface area contributed by atoms with Crippen LogP contribution in [0.15, 0.2) is 42.5 Å². The smallest absolute Gasteiger partial charge is 0.303 e. The van der Waals surface area contributed by atoms with Gasteiger partial charge in [0.2, 0.25) is 0 Å². The normalized spacial score (nSPS) is 11.3. The van der Waals surface area contributed by atoms with E-state index in [0.29, 0.717) is 31.4 Å². The number of nitrogens with zero attached hydrogens (tertiary/aromatic N) is 4. The summed E-state index contributed by atoms with van der Waals surface area (Å²) in [6, 6.07) is 12.6.